The Kier molecular flexibility index (Phi) is 7.24. The van der Waals surface area contributed by atoms with Crippen LogP contribution in [0.15, 0.2) is 18.2 Å². The number of nitrogens with zero attached hydrogens (tertiary/aromatic N) is 2. The standard InChI is InChI=1S/C24H31ClFN3O4/c1-2-10-24(22(31)29(23(32)27-24)15-17-5-4-13-33-17)16-8-11-28(12-9-16)21(30)14-18-19(25)6-3-7-20(18)26/h3,6-7,16-17H,2,4-5,8-15H2,1H3,(H,27,32)/t17-,24+/m0/s1. The van der Waals surface area contributed by atoms with Gasteiger partial charge in [-0.2, -0.15) is 0 Å². The van der Waals surface area contributed by atoms with Gasteiger partial charge in [-0.15, -0.1) is 0 Å². The van der Waals surface area contributed by atoms with Crippen molar-refractivity contribution >= 4 is 29.4 Å². The minimum atomic E-state index is -0.936. The van der Waals surface area contributed by atoms with Crippen molar-refractivity contribution in [3.05, 3.63) is 34.6 Å². The van der Waals surface area contributed by atoms with Crippen molar-refractivity contribution in [2.24, 2.45) is 5.92 Å². The Bertz CT molecular complexity index is 895. The van der Waals surface area contributed by atoms with Crippen molar-refractivity contribution in [2.75, 3.05) is 26.2 Å². The summed E-state index contributed by atoms with van der Waals surface area (Å²) in [5.74, 6) is -0.915. The number of hydrogen-bond acceptors (Lipinski definition) is 4. The summed E-state index contributed by atoms with van der Waals surface area (Å²) in [6.07, 6.45) is 4.10. The molecule has 9 heteroatoms. The monoisotopic (exact) mass is 479 g/mol. The Morgan fingerprint density at radius 1 is 1.27 bits per heavy atom. The maximum absolute atomic E-state index is 14.1. The lowest BCUT2D eigenvalue weighted by molar-refractivity contribution is -0.136. The van der Waals surface area contributed by atoms with Gasteiger partial charge in [0.2, 0.25) is 5.91 Å². The number of carbonyl (C=O) groups excluding carboxylic acids is 3. The molecule has 1 aromatic carbocycles. The molecule has 2 atom stereocenters. The molecule has 3 fully saturated rings. The van der Waals surface area contributed by atoms with Crippen LogP contribution in [0.1, 0.15) is 51.0 Å². The Hall–Kier alpha value is -2.19. The van der Waals surface area contributed by atoms with Gasteiger partial charge in [-0.05, 0) is 50.2 Å². The third kappa shape index (κ3) is 4.73. The van der Waals surface area contributed by atoms with Crippen LogP contribution in [-0.2, 0) is 20.7 Å². The highest BCUT2D eigenvalue weighted by atomic mass is 35.5. The van der Waals surface area contributed by atoms with Crippen molar-refractivity contribution in [2.45, 2.75) is 63.5 Å². The smallest absolute Gasteiger partial charge is 0.325 e. The Labute approximate surface area is 198 Å². The van der Waals surface area contributed by atoms with Gasteiger partial charge >= 0.3 is 6.03 Å². The van der Waals surface area contributed by atoms with Crippen LogP contribution in [0.3, 0.4) is 0 Å². The highest BCUT2D eigenvalue weighted by Gasteiger charge is 2.55. The Balaban J connectivity index is 1.42. The molecule has 1 N–H and O–H groups in total. The largest absolute Gasteiger partial charge is 0.376 e. The second kappa shape index (κ2) is 9.97. The summed E-state index contributed by atoms with van der Waals surface area (Å²) in [6, 6.07) is 4.03. The van der Waals surface area contributed by atoms with E-state index in [1.165, 1.54) is 17.0 Å². The van der Waals surface area contributed by atoms with Crippen molar-refractivity contribution < 1.29 is 23.5 Å². The number of ether oxygens (including phenoxy) is 1. The van der Waals surface area contributed by atoms with E-state index in [-0.39, 0.29) is 53.4 Å². The van der Waals surface area contributed by atoms with Crippen molar-refractivity contribution in [3.63, 3.8) is 0 Å². The fourth-order valence-corrected chi connectivity index (χ4v) is 5.66. The molecule has 3 saturated heterocycles. The predicted molar refractivity (Wildman–Crippen MR) is 121 cm³/mol. The highest BCUT2D eigenvalue weighted by molar-refractivity contribution is 6.31. The fourth-order valence-electron chi connectivity index (χ4n) is 5.43. The summed E-state index contributed by atoms with van der Waals surface area (Å²) in [4.78, 5) is 42.1. The number of urea groups is 1. The first-order chi connectivity index (χ1) is 15.9. The molecule has 33 heavy (non-hydrogen) atoms. The van der Waals surface area contributed by atoms with Gasteiger partial charge in [-0.1, -0.05) is 31.0 Å². The van der Waals surface area contributed by atoms with Gasteiger partial charge in [0.1, 0.15) is 11.4 Å². The number of benzene rings is 1. The molecule has 3 aliphatic rings. The normalized spacial score (nSPS) is 26.2. The van der Waals surface area contributed by atoms with E-state index in [9.17, 15) is 18.8 Å². The molecule has 0 aliphatic carbocycles. The minimum Gasteiger partial charge on any atom is -0.376 e. The molecule has 3 heterocycles. The van der Waals surface area contributed by atoms with E-state index in [1.54, 1.807) is 11.0 Å². The van der Waals surface area contributed by atoms with Gasteiger partial charge in [0, 0.05) is 30.3 Å². The van der Waals surface area contributed by atoms with E-state index >= 15 is 0 Å². The summed E-state index contributed by atoms with van der Waals surface area (Å²) in [6.45, 7) is 3.86. The first-order valence-corrected chi connectivity index (χ1v) is 12.2. The number of amides is 4. The number of likely N-dealkylation sites (tertiary alicyclic amines) is 1. The minimum absolute atomic E-state index is 0.0653. The molecule has 0 spiro atoms. The summed E-state index contributed by atoms with van der Waals surface area (Å²) >= 11 is 6.08. The molecule has 4 rings (SSSR count). The summed E-state index contributed by atoms with van der Waals surface area (Å²) in [5.41, 5.74) is -0.731. The van der Waals surface area contributed by atoms with Crippen LogP contribution in [0.5, 0.6) is 0 Å². The third-order valence-corrected chi connectivity index (χ3v) is 7.54. The van der Waals surface area contributed by atoms with Gasteiger partial charge in [0.05, 0.1) is 19.1 Å². The molecule has 0 radical (unpaired) electrons. The third-order valence-electron chi connectivity index (χ3n) is 7.19. The van der Waals surface area contributed by atoms with Crippen LogP contribution in [-0.4, -0.2) is 65.5 Å². The lowest BCUT2D eigenvalue weighted by Crippen LogP contribution is -2.56. The van der Waals surface area contributed by atoms with Crippen LogP contribution in [0, 0.1) is 11.7 Å². The lowest BCUT2D eigenvalue weighted by Gasteiger charge is -2.41. The molecular formula is C24H31ClFN3O4. The first kappa shape index (κ1) is 24.0. The molecule has 180 valence electrons. The average molecular weight is 480 g/mol. The van der Waals surface area contributed by atoms with Crippen molar-refractivity contribution in [1.82, 2.24) is 15.1 Å². The van der Waals surface area contributed by atoms with E-state index in [4.69, 9.17) is 16.3 Å². The van der Waals surface area contributed by atoms with E-state index in [0.717, 1.165) is 19.3 Å². The second-order valence-electron chi connectivity index (χ2n) is 9.23. The molecule has 0 aromatic heterocycles. The molecule has 3 aliphatic heterocycles. The van der Waals surface area contributed by atoms with Crippen LogP contribution in [0.25, 0.3) is 0 Å². The van der Waals surface area contributed by atoms with Gasteiger partial charge in [-0.25, -0.2) is 9.18 Å². The van der Waals surface area contributed by atoms with Gasteiger partial charge in [0.25, 0.3) is 5.91 Å². The van der Waals surface area contributed by atoms with Crippen LogP contribution in [0.4, 0.5) is 9.18 Å². The van der Waals surface area contributed by atoms with E-state index < -0.39 is 11.4 Å². The summed E-state index contributed by atoms with van der Waals surface area (Å²) in [7, 11) is 0. The van der Waals surface area contributed by atoms with E-state index in [2.05, 4.69) is 5.32 Å². The van der Waals surface area contributed by atoms with Gasteiger partial charge in [0.15, 0.2) is 0 Å². The highest BCUT2D eigenvalue weighted by Crippen LogP contribution is 2.37. The van der Waals surface area contributed by atoms with Crippen molar-refractivity contribution in [1.29, 1.82) is 0 Å². The quantitative estimate of drug-likeness (QED) is 0.607. The number of imide groups is 1. The first-order valence-electron chi connectivity index (χ1n) is 11.8. The zero-order chi connectivity index (χ0) is 23.6. The maximum Gasteiger partial charge on any atom is 0.325 e. The van der Waals surface area contributed by atoms with Gasteiger partial charge in [-0.3, -0.25) is 14.5 Å². The summed E-state index contributed by atoms with van der Waals surface area (Å²) < 4.78 is 19.7. The number of rotatable bonds is 7. The Morgan fingerprint density at radius 2 is 2.03 bits per heavy atom. The number of piperidine rings is 1. The van der Waals surface area contributed by atoms with E-state index in [0.29, 0.717) is 39.0 Å². The lowest BCUT2D eigenvalue weighted by atomic mass is 9.74. The zero-order valence-corrected chi connectivity index (χ0v) is 19.7. The second-order valence-corrected chi connectivity index (χ2v) is 9.64. The number of hydrogen-bond donors (Lipinski definition) is 1. The van der Waals surface area contributed by atoms with Crippen LogP contribution >= 0.6 is 11.6 Å². The predicted octanol–water partition coefficient (Wildman–Crippen LogP) is 3.53. The molecule has 7 nitrogen and oxygen atoms in total. The molecule has 0 unspecified atom stereocenters. The number of halogens is 2. The SMILES string of the molecule is CCC[C@]1(C2CCN(C(=O)Cc3c(F)cccc3Cl)CC2)NC(=O)N(C[C@@H]2CCCO2)C1=O. The Morgan fingerprint density at radius 3 is 2.67 bits per heavy atom. The average Bonchev–Trinajstić information content (AvgIpc) is 3.40. The molecular weight excluding hydrogens is 449 g/mol. The molecule has 4 amide bonds. The number of nitrogens with one attached hydrogen (secondary N) is 1. The van der Waals surface area contributed by atoms with E-state index in [1.807, 2.05) is 6.92 Å². The zero-order valence-electron chi connectivity index (χ0n) is 18.9. The van der Waals surface area contributed by atoms with Crippen molar-refractivity contribution in [3.8, 4) is 0 Å². The van der Waals surface area contributed by atoms with Crippen LogP contribution < -0.4 is 5.32 Å². The fraction of sp³-hybridized carbons (Fsp3) is 0.625. The molecule has 0 bridgehead atoms. The topological polar surface area (TPSA) is 79.0 Å². The van der Waals surface area contributed by atoms with Gasteiger partial charge < -0.3 is 15.0 Å². The summed E-state index contributed by atoms with van der Waals surface area (Å²) in [5, 5.41) is 3.26. The molecule has 1 aromatic rings. The number of carbonyl (C=O) groups is 3. The molecule has 0 saturated carbocycles. The maximum atomic E-state index is 14.1. The van der Waals surface area contributed by atoms with Crippen LogP contribution in [0.2, 0.25) is 5.02 Å².